The maximum absolute atomic E-state index is 6.32. The molecule has 0 unspecified atom stereocenters. The van der Waals surface area contributed by atoms with Crippen molar-refractivity contribution < 1.29 is 9.47 Å². The SMILES string of the molecule is CCc1nn(C)c(CNc2ccc3c(c2)OCO3)c1Cl. The van der Waals surface area contributed by atoms with Crippen LogP contribution in [0.4, 0.5) is 5.69 Å². The van der Waals surface area contributed by atoms with Crippen molar-refractivity contribution >= 4 is 17.3 Å². The van der Waals surface area contributed by atoms with E-state index in [2.05, 4.69) is 10.4 Å². The average molecular weight is 294 g/mol. The molecule has 1 N–H and O–H groups in total. The number of nitrogens with zero attached hydrogens (tertiary/aromatic N) is 2. The highest BCUT2D eigenvalue weighted by molar-refractivity contribution is 6.31. The van der Waals surface area contributed by atoms with Gasteiger partial charge < -0.3 is 14.8 Å². The Bertz CT molecular complexity index is 640. The first-order valence-corrected chi connectivity index (χ1v) is 6.90. The zero-order chi connectivity index (χ0) is 14.1. The second-order valence-corrected chi connectivity index (χ2v) is 4.98. The molecule has 0 amide bonds. The Hall–Kier alpha value is -1.88. The van der Waals surface area contributed by atoms with E-state index in [0.29, 0.717) is 6.54 Å². The lowest BCUT2D eigenvalue weighted by atomic mass is 10.2. The quantitative estimate of drug-likeness (QED) is 0.941. The van der Waals surface area contributed by atoms with Crippen molar-refractivity contribution in [3.8, 4) is 11.5 Å². The molecule has 2 heterocycles. The number of hydrogen-bond acceptors (Lipinski definition) is 4. The van der Waals surface area contributed by atoms with Gasteiger partial charge in [0.2, 0.25) is 6.79 Å². The molecule has 20 heavy (non-hydrogen) atoms. The van der Waals surface area contributed by atoms with Crippen LogP contribution in [0.15, 0.2) is 18.2 Å². The molecule has 2 aromatic rings. The van der Waals surface area contributed by atoms with Gasteiger partial charge in [0.15, 0.2) is 11.5 Å². The monoisotopic (exact) mass is 293 g/mol. The molecule has 5 nitrogen and oxygen atoms in total. The third-order valence-corrected chi connectivity index (χ3v) is 3.77. The molecule has 106 valence electrons. The molecule has 0 saturated carbocycles. The molecule has 0 radical (unpaired) electrons. The van der Waals surface area contributed by atoms with Crippen LogP contribution in [-0.4, -0.2) is 16.6 Å². The lowest BCUT2D eigenvalue weighted by molar-refractivity contribution is 0.174. The Balaban J connectivity index is 1.75. The number of hydrogen-bond donors (Lipinski definition) is 1. The van der Waals surface area contributed by atoms with Crippen molar-refractivity contribution in [3.63, 3.8) is 0 Å². The molecular formula is C14H16ClN3O2. The van der Waals surface area contributed by atoms with E-state index in [4.69, 9.17) is 21.1 Å². The highest BCUT2D eigenvalue weighted by Gasteiger charge is 2.15. The van der Waals surface area contributed by atoms with Crippen molar-refractivity contribution in [1.82, 2.24) is 9.78 Å². The van der Waals surface area contributed by atoms with E-state index in [-0.39, 0.29) is 6.79 Å². The van der Waals surface area contributed by atoms with Crippen molar-refractivity contribution in [2.75, 3.05) is 12.1 Å². The van der Waals surface area contributed by atoms with Crippen LogP contribution >= 0.6 is 11.6 Å². The van der Waals surface area contributed by atoms with Gasteiger partial charge in [0.25, 0.3) is 0 Å². The van der Waals surface area contributed by atoms with Gasteiger partial charge in [-0.3, -0.25) is 4.68 Å². The number of aryl methyl sites for hydroxylation is 2. The van der Waals surface area contributed by atoms with Gasteiger partial charge in [-0.05, 0) is 18.6 Å². The summed E-state index contributed by atoms with van der Waals surface area (Å²) in [6.45, 7) is 2.94. The van der Waals surface area contributed by atoms with Gasteiger partial charge in [0.1, 0.15) is 0 Å². The van der Waals surface area contributed by atoms with E-state index in [0.717, 1.165) is 40.0 Å². The first-order chi connectivity index (χ1) is 9.69. The van der Waals surface area contributed by atoms with E-state index in [1.165, 1.54) is 0 Å². The third kappa shape index (κ3) is 2.29. The number of benzene rings is 1. The summed E-state index contributed by atoms with van der Waals surface area (Å²) in [4.78, 5) is 0. The fourth-order valence-corrected chi connectivity index (χ4v) is 2.56. The molecule has 1 aromatic heterocycles. The Kier molecular flexibility index (Phi) is 3.44. The smallest absolute Gasteiger partial charge is 0.231 e. The Morgan fingerprint density at radius 2 is 2.15 bits per heavy atom. The maximum Gasteiger partial charge on any atom is 0.231 e. The molecule has 1 aliphatic rings. The Labute approximate surface area is 122 Å². The molecule has 6 heteroatoms. The first-order valence-electron chi connectivity index (χ1n) is 6.52. The lowest BCUT2D eigenvalue weighted by Gasteiger charge is -2.08. The maximum atomic E-state index is 6.32. The minimum atomic E-state index is 0.284. The van der Waals surface area contributed by atoms with Crippen LogP contribution in [0, 0.1) is 0 Å². The van der Waals surface area contributed by atoms with Crippen LogP contribution in [0.5, 0.6) is 11.5 Å². The highest BCUT2D eigenvalue weighted by Crippen LogP contribution is 2.34. The van der Waals surface area contributed by atoms with Gasteiger partial charge in [-0.2, -0.15) is 5.10 Å². The molecule has 1 aliphatic heterocycles. The number of fused-ring (bicyclic) bond motifs is 1. The predicted octanol–water partition coefficient (Wildman–Crippen LogP) is 2.98. The van der Waals surface area contributed by atoms with Crippen LogP contribution in [0.25, 0.3) is 0 Å². The molecule has 0 spiro atoms. The zero-order valence-electron chi connectivity index (χ0n) is 11.4. The lowest BCUT2D eigenvalue weighted by Crippen LogP contribution is -2.05. The summed E-state index contributed by atoms with van der Waals surface area (Å²) in [5.41, 5.74) is 2.86. The average Bonchev–Trinajstić information content (AvgIpc) is 3.01. The number of aromatic nitrogens is 2. The molecule has 0 fully saturated rings. The minimum Gasteiger partial charge on any atom is -0.454 e. The number of rotatable bonds is 4. The van der Waals surface area contributed by atoms with Crippen molar-refractivity contribution in [3.05, 3.63) is 34.6 Å². The van der Waals surface area contributed by atoms with Gasteiger partial charge in [-0.25, -0.2) is 0 Å². The van der Waals surface area contributed by atoms with Gasteiger partial charge in [-0.15, -0.1) is 0 Å². The largest absolute Gasteiger partial charge is 0.454 e. The Morgan fingerprint density at radius 1 is 1.35 bits per heavy atom. The summed E-state index contributed by atoms with van der Waals surface area (Å²) in [5, 5.41) is 8.47. The second kappa shape index (κ2) is 5.25. The van der Waals surface area contributed by atoms with Crippen molar-refractivity contribution in [1.29, 1.82) is 0 Å². The van der Waals surface area contributed by atoms with E-state index in [1.54, 1.807) is 0 Å². The fraction of sp³-hybridized carbons (Fsp3) is 0.357. The van der Waals surface area contributed by atoms with Crippen LogP contribution in [0.2, 0.25) is 5.02 Å². The fourth-order valence-electron chi connectivity index (χ4n) is 2.20. The molecule has 0 saturated heterocycles. The molecule has 0 aliphatic carbocycles. The molecule has 0 bridgehead atoms. The third-order valence-electron chi connectivity index (χ3n) is 3.34. The number of ether oxygens (including phenoxy) is 2. The summed E-state index contributed by atoms with van der Waals surface area (Å²) in [6, 6.07) is 5.78. The van der Waals surface area contributed by atoms with Gasteiger partial charge >= 0.3 is 0 Å². The summed E-state index contributed by atoms with van der Waals surface area (Å²) >= 11 is 6.32. The van der Waals surface area contributed by atoms with Crippen LogP contribution in [0.3, 0.4) is 0 Å². The molecular weight excluding hydrogens is 278 g/mol. The molecule has 3 rings (SSSR count). The zero-order valence-corrected chi connectivity index (χ0v) is 12.2. The van der Waals surface area contributed by atoms with Crippen molar-refractivity contribution in [2.45, 2.75) is 19.9 Å². The van der Waals surface area contributed by atoms with Gasteiger partial charge in [-0.1, -0.05) is 18.5 Å². The van der Waals surface area contributed by atoms with Crippen LogP contribution < -0.4 is 14.8 Å². The first kappa shape index (κ1) is 13.1. The van der Waals surface area contributed by atoms with Crippen LogP contribution in [-0.2, 0) is 20.0 Å². The highest BCUT2D eigenvalue weighted by atomic mass is 35.5. The predicted molar refractivity (Wildman–Crippen MR) is 77.5 cm³/mol. The second-order valence-electron chi connectivity index (χ2n) is 4.61. The normalized spacial score (nSPS) is 12.8. The van der Waals surface area contributed by atoms with E-state index in [1.807, 2.05) is 36.9 Å². The summed E-state index contributed by atoms with van der Waals surface area (Å²) < 4.78 is 12.5. The van der Waals surface area contributed by atoms with E-state index < -0.39 is 0 Å². The standard InChI is InChI=1S/C14H16ClN3O2/c1-3-10-14(15)11(18(2)17-10)7-16-9-4-5-12-13(6-9)20-8-19-12/h4-6,16H,3,7-8H2,1-2H3. The topological polar surface area (TPSA) is 48.3 Å². The number of anilines is 1. The number of nitrogens with one attached hydrogen (secondary N) is 1. The summed E-state index contributed by atoms with van der Waals surface area (Å²) in [5.74, 6) is 1.54. The minimum absolute atomic E-state index is 0.284. The van der Waals surface area contributed by atoms with E-state index >= 15 is 0 Å². The van der Waals surface area contributed by atoms with Crippen LogP contribution in [0.1, 0.15) is 18.3 Å². The molecule has 1 aromatic carbocycles. The Morgan fingerprint density at radius 3 is 2.90 bits per heavy atom. The van der Waals surface area contributed by atoms with E-state index in [9.17, 15) is 0 Å². The van der Waals surface area contributed by atoms with Crippen molar-refractivity contribution in [2.24, 2.45) is 7.05 Å². The summed E-state index contributed by atoms with van der Waals surface area (Å²) in [6.07, 6.45) is 0.830. The summed E-state index contributed by atoms with van der Waals surface area (Å²) in [7, 11) is 1.90. The van der Waals surface area contributed by atoms with Gasteiger partial charge in [0.05, 0.1) is 23.0 Å². The van der Waals surface area contributed by atoms with Gasteiger partial charge in [0, 0.05) is 18.8 Å². The number of halogens is 1. The molecule has 0 atom stereocenters.